The van der Waals surface area contributed by atoms with Crippen LogP contribution in [-0.2, 0) is 24.2 Å². The van der Waals surface area contributed by atoms with Gasteiger partial charge in [0, 0.05) is 41.5 Å². The number of carbonyl (C=O) groups is 1. The summed E-state index contributed by atoms with van der Waals surface area (Å²) >= 11 is 12.1. The summed E-state index contributed by atoms with van der Waals surface area (Å²) in [5.41, 5.74) is 2.09. The fraction of sp³-hybridized carbons (Fsp3) is 0.286. The molecule has 1 atom stereocenters. The molecule has 37 heavy (non-hydrogen) atoms. The third-order valence-corrected chi connectivity index (χ3v) is 6.27. The maximum Gasteiger partial charge on any atom is 0.242 e. The number of amides is 1. The van der Waals surface area contributed by atoms with Crippen LogP contribution >= 0.6 is 23.2 Å². The lowest BCUT2D eigenvalue weighted by atomic mass is 10.0. The summed E-state index contributed by atoms with van der Waals surface area (Å²) in [6.45, 7) is 4.60. The van der Waals surface area contributed by atoms with E-state index in [4.69, 9.17) is 33.2 Å². The van der Waals surface area contributed by atoms with E-state index in [1.165, 1.54) is 0 Å². The molecule has 1 amide bonds. The first kappa shape index (κ1) is 26.6. The van der Waals surface area contributed by atoms with Gasteiger partial charge in [-0.1, -0.05) is 61.3 Å². The largest absolute Gasteiger partial charge is 0.358 e. The van der Waals surface area contributed by atoms with Crippen molar-refractivity contribution in [2.45, 2.75) is 45.7 Å². The SMILES string of the molecule is CC(C)C[C@@H](Nc1cc(-n2ccnc2)nc(CCc2cccc(Cl)c2)n1)C(=O)NCc1ccc(Cl)cc1. The van der Waals surface area contributed by atoms with Crippen molar-refractivity contribution in [1.29, 1.82) is 0 Å². The summed E-state index contributed by atoms with van der Waals surface area (Å²) in [6, 6.07) is 16.6. The van der Waals surface area contributed by atoms with Gasteiger partial charge in [-0.2, -0.15) is 0 Å². The van der Waals surface area contributed by atoms with Crippen molar-refractivity contribution in [3.8, 4) is 5.82 Å². The molecule has 4 aromatic rings. The third-order valence-electron chi connectivity index (χ3n) is 5.78. The number of halogens is 2. The van der Waals surface area contributed by atoms with Crippen LogP contribution in [0, 0.1) is 5.92 Å². The van der Waals surface area contributed by atoms with E-state index in [1.54, 1.807) is 12.5 Å². The zero-order chi connectivity index (χ0) is 26.2. The zero-order valence-corrected chi connectivity index (χ0v) is 22.4. The summed E-state index contributed by atoms with van der Waals surface area (Å²) < 4.78 is 1.83. The predicted molar refractivity (Wildman–Crippen MR) is 148 cm³/mol. The molecule has 0 aliphatic heterocycles. The van der Waals surface area contributed by atoms with Gasteiger partial charge >= 0.3 is 0 Å². The van der Waals surface area contributed by atoms with Crippen LogP contribution in [0.25, 0.3) is 5.82 Å². The molecule has 2 aromatic carbocycles. The molecule has 4 rings (SSSR count). The molecule has 2 N–H and O–H groups in total. The van der Waals surface area contributed by atoms with Crippen LogP contribution in [0.15, 0.2) is 73.3 Å². The minimum Gasteiger partial charge on any atom is -0.358 e. The molecule has 0 saturated carbocycles. The van der Waals surface area contributed by atoms with Gasteiger partial charge in [-0.25, -0.2) is 15.0 Å². The number of anilines is 1. The van der Waals surface area contributed by atoms with E-state index >= 15 is 0 Å². The van der Waals surface area contributed by atoms with Gasteiger partial charge in [-0.3, -0.25) is 9.36 Å². The number of nitrogens with one attached hydrogen (secondary N) is 2. The molecular weight excluding hydrogens is 507 g/mol. The van der Waals surface area contributed by atoms with E-state index in [1.807, 2.05) is 65.4 Å². The van der Waals surface area contributed by atoms with E-state index in [0.717, 1.165) is 17.5 Å². The minimum atomic E-state index is -0.460. The van der Waals surface area contributed by atoms with Crippen LogP contribution in [0.5, 0.6) is 0 Å². The Balaban J connectivity index is 1.53. The Morgan fingerprint density at radius 2 is 1.78 bits per heavy atom. The second-order valence-electron chi connectivity index (χ2n) is 9.30. The summed E-state index contributed by atoms with van der Waals surface area (Å²) in [6.07, 6.45) is 7.23. The highest BCUT2D eigenvalue weighted by Crippen LogP contribution is 2.18. The summed E-state index contributed by atoms with van der Waals surface area (Å²) in [5.74, 6) is 2.15. The molecule has 0 radical (unpaired) electrons. The smallest absolute Gasteiger partial charge is 0.242 e. The molecule has 0 bridgehead atoms. The van der Waals surface area contributed by atoms with E-state index in [-0.39, 0.29) is 5.91 Å². The first-order valence-corrected chi connectivity index (χ1v) is 13.0. The van der Waals surface area contributed by atoms with Gasteiger partial charge in [0.2, 0.25) is 5.91 Å². The monoisotopic (exact) mass is 536 g/mol. The number of aryl methyl sites for hydroxylation is 2. The van der Waals surface area contributed by atoms with Crippen LogP contribution in [-0.4, -0.2) is 31.5 Å². The first-order valence-electron chi connectivity index (χ1n) is 12.2. The molecule has 0 unspecified atom stereocenters. The van der Waals surface area contributed by atoms with Crippen LogP contribution in [0.4, 0.5) is 5.82 Å². The summed E-state index contributed by atoms with van der Waals surface area (Å²) in [7, 11) is 0. The van der Waals surface area contributed by atoms with Gasteiger partial charge in [0.05, 0.1) is 0 Å². The number of benzene rings is 2. The van der Waals surface area contributed by atoms with E-state index < -0.39 is 6.04 Å². The van der Waals surface area contributed by atoms with Gasteiger partial charge in [0.15, 0.2) is 0 Å². The number of aromatic nitrogens is 4. The molecule has 2 aromatic heterocycles. The molecule has 0 aliphatic carbocycles. The average Bonchev–Trinajstić information content (AvgIpc) is 3.42. The number of carbonyl (C=O) groups excluding carboxylic acids is 1. The summed E-state index contributed by atoms with van der Waals surface area (Å²) in [4.78, 5) is 26.8. The van der Waals surface area contributed by atoms with E-state index in [2.05, 4.69) is 29.5 Å². The number of imidazole rings is 1. The highest BCUT2D eigenvalue weighted by molar-refractivity contribution is 6.30. The van der Waals surface area contributed by atoms with Crippen molar-refractivity contribution in [1.82, 2.24) is 24.8 Å². The second-order valence-corrected chi connectivity index (χ2v) is 10.2. The van der Waals surface area contributed by atoms with Crippen molar-refractivity contribution < 1.29 is 4.79 Å². The molecule has 0 saturated heterocycles. The quantitative estimate of drug-likeness (QED) is 0.249. The Morgan fingerprint density at radius 3 is 2.49 bits per heavy atom. The molecule has 7 nitrogen and oxygen atoms in total. The van der Waals surface area contributed by atoms with Gasteiger partial charge in [0.25, 0.3) is 0 Å². The Hall–Kier alpha value is -3.42. The predicted octanol–water partition coefficient (Wildman–Crippen LogP) is 5.90. The Kier molecular flexibility index (Phi) is 9.14. The standard InChI is InChI=1S/C28H30Cl2N6O/c1-19(2)14-24(28(37)32-17-21-6-9-22(29)10-7-21)33-26-16-27(36-13-12-31-18-36)35-25(34-26)11-8-20-4-3-5-23(30)15-20/h3-7,9-10,12-13,15-16,18-19,24H,8,11,14,17H2,1-2H3,(H,32,37)(H,33,34,35)/t24-/m1/s1. The van der Waals surface area contributed by atoms with E-state index in [9.17, 15) is 4.79 Å². The van der Waals surface area contributed by atoms with E-state index in [0.29, 0.717) is 52.8 Å². The third kappa shape index (κ3) is 8.03. The molecule has 0 aliphatic rings. The van der Waals surface area contributed by atoms with Gasteiger partial charge in [-0.15, -0.1) is 0 Å². The zero-order valence-electron chi connectivity index (χ0n) is 20.9. The fourth-order valence-corrected chi connectivity index (χ4v) is 4.28. The topological polar surface area (TPSA) is 84.7 Å². The fourth-order valence-electron chi connectivity index (χ4n) is 3.94. The highest BCUT2D eigenvalue weighted by atomic mass is 35.5. The van der Waals surface area contributed by atoms with Crippen molar-refractivity contribution in [2.75, 3.05) is 5.32 Å². The Morgan fingerprint density at radius 1 is 0.973 bits per heavy atom. The van der Waals surface area contributed by atoms with Gasteiger partial charge in [-0.05, 0) is 54.2 Å². The van der Waals surface area contributed by atoms with Crippen molar-refractivity contribution >= 4 is 34.9 Å². The number of rotatable bonds is 11. The normalized spacial score (nSPS) is 11.9. The van der Waals surface area contributed by atoms with Gasteiger partial charge in [0.1, 0.15) is 29.8 Å². The molecule has 9 heteroatoms. The lowest BCUT2D eigenvalue weighted by molar-refractivity contribution is -0.122. The summed E-state index contributed by atoms with van der Waals surface area (Å²) in [5, 5.41) is 7.77. The average molecular weight is 537 g/mol. The van der Waals surface area contributed by atoms with Crippen molar-refractivity contribution in [2.24, 2.45) is 5.92 Å². The van der Waals surface area contributed by atoms with Crippen LogP contribution in [0.3, 0.4) is 0 Å². The molecular formula is C28H30Cl2N6O. The molecule has 2 heterocycles. The molecule has 192 valence electrons. The lowest BCUT2D eigenvalue weighted by Gasteiger charge is -2.21. The maximum absolute atomic E-state index is 13.2. The van der Waals surface area contributed by atoms with Crippen molar-refractivity contribution in [3.63, 3.8) is 0 Å². The van der Waals surface area contributed by atoms with Crippen molar-refractivity contribution in [3.05, 3.63) is 100 Å². The number of hydrogen-bond acceptors (Lipinski definition) is 5. The molecule has 0 fully saturated rings. The Bertz CT molecular complexity index is 1310. The number of nitrogens with zero attached hydrogens (tertiary/aromatic N) is 4. The van der Waals surface area contributed by atoms with Crippen LogP contribution in [0.2, 0.25) is 10.0 Å². The maximum atomic E-state index is 13.2. The first-order chi connectivity index (χ1) is 17.9. The highest BCUT2D eigenvalue weighted by Gasteiger charge is 2.21. The van der Waals surface area contributed by atoms with Crippen LogP contribution in [0.1, 0.15) is 37.2 Å². The number of hydrogen-bond donors (Lipinski definition) is 2. The van der Waals surface area contributed by atoms with Crippen LogP contribution < -0.4 is 10.6 Å². The van der Waals surface area contributed by atoms with Gasteiger partial charge < -0.3 is 10.6 Å². The molecule has 0 spiro atoms. The second kappa shape index (κ2) is 12.7. The minimum absolute atomic E-state index is 0.0908. The Labute approximate surface area is 227 Å². The lowest BCUT2D eigenvalue weighted by Crippen LogP contribution is -2.40.